The largest absolute Gasteiger partial charge is 2.00 e. The van der Waals surface area contributed by atoms with E-state index in [-0.39, 0.29) is 17.1 Å². The van der Waals surface area contributed by atoms with E-state index in [1.54, 1.807) is 0 Å². The summed E-state index contributed by atoms with van der Waals surface area (Å²) in [6.07, 6.45) is 10.0. The molecule has 1 rings (SSSR count). The Bertz CT molecular complexity index is 66.6. The molecule has 0 aromatic rings. The van der Waals surface area contributed by atoms with Crippen LogP contribution in [0.4, 0.5) is 0 Å². The number of allylic oxidation sites excluding steroid dienone is 4. The quantitative estimate of drug-likeness (QED) is 0.411. The SMILES string of the molecule is [C-]1=CC=CC1.[CH2-]O.[Fe+2]. The Labute approximate surface area is 60.6 Å². The zero-order chi connectivity index (χ0) is 5.54. The predicted octanol–water partition coefficient (Wildman–Crippen LogP) is 1.45. The Morgan fingerprint density at radius 3 is 2.25 bits per heavy atom. The molecule has 0 saturated carbocycles. The monoisotopic (exact) mass is 152 g/mol. The average Bonchev–Trinajstić information content (AvgIpc) is 2.23. The number of rotatable bonds is 0. The van der Waals surface area contributed by atoms with E-state index >= 15 is 0 Å². The van der Waals surface area contributed by atoms with Crippen molar-refractivity contribution in [2.45, 2.75) is 6.42 Å². The van der Waals surface area contributed by atoms with Gasteiger partial charge in [0, 0.05) is 0 Å². The summed E-state index contributed by atoms with van der Waals surface area (Å²) in [7, 11) is 2.25. The van der Waals surface area contributed by atoms with Crippen LogP contribution in [-0.4, -0.2) is 5.11 Å². The van der Waals surface area contributed by atoms with E-state index in [4.69, 9.17) is 5.11 Å². The molecule has 0 bridgehead atoms. The van der Waals surface area contributed by atoms with Gasteiger partial charge in [-0.2, -0.15) is 6.08 Å². The van der Waals surface area contributed by atoms with E-state index in [0.29, 0.717) is 0 Å². The van der Waals surface area contributed by atoms with Crippen LogP contribution in [0.3, 0.4) is 0 Å². The molecule has 0 saturated heterocycles. The van der Waals surface area contributed by atoms with E-state index in [1.807, 2.05) is 12.2 Å². The molecule has 0 spiro atoms. The van der Waals surface area contributed by atoms with Crippen molar-refractivity contribution in [2.24, 2.45) is 0 Å². The Morgan fingerprint density at radius 1 is 1.50 bits per heavy atom. The minimum absolute atomic E-state index is 0. The van der Waals surface area contributed by atoms with Crippen molar-refractivity contribution in [1.29, 1.82) is 0 Å². The van der Waals surface area contributed by atoms with Crippen LogP contribution >= 0.6 is 0 Å². The maximum atomic E-state index is 6.75. The van der Waals surface area contributed by atoms with Crippen LogP contribution in [0.25, 0.3) is 0 Å². The van der Waals surface area contributed by atoms with Crippen molar-refractivity contribution in [3.05, 3.63) is 31.4 Å². The van der Waals surface area contributed by atoms with Crippen molar-refractivity contribution in [2.75, 3.05) is 0 Å². The van der Waals surface area contributed by atoms with Crippen LogP contribution in [0.1, 0.15) is 6.42 Å². The van der Waals surface area contributed by atoms with Crippen molar-refractivity contribution >= 4 is 0 Å². The zero-order valence-corrected chi connectivity index (χ0v) is 5.55. The molecular weight excluding hydrogens is 144 g/mol. The fourth-order valence-electron chi connectivity index (χ4n) is 0.340. The molecule has 0 aromatic heterocycles. The summed E-state index contributed by atoms with van der Waals surface area (Å²) in [5.74, 6) is 0. The summed E-state index contributed by atoms with van der Waals surface area (Å²) < 4.78 is 0. The van der Waals surface area contributed by atoms with E-state index in [2.05, 4.69) is 19.3 Å². The number of aliphatic hydroxyl groups is 1. The molecule has 2 heteroatoms. The first-order valence-corrected chi connectivity index (χ1v) is 2.03. The van der Waals surface area contributed by atoms with Gasteiger partial charge in [0.05, 0.1) is 0 Å². The maximum absolute atomic E-state index is 6.75. The molecule has 0 atom stereocenters. The zero-order valence-electron chi connectivity index (χ0n) is 4.45. The molecular formula is C6H8FeO. The number of hydrogen-bond acceptors (Lipinski definition) is 1. The van der Waals surface area contributed by atoms with Crippen molar-refractivity contribution in [3.63, 3.8) is 0 Å². The van der Waals surface area contributed by atoms with Crippen LogP contribution in [0.15, 0.2) is 18.2 Å². The molecule has 0 aliphatic heterocycles. The van der Waals surface area contributed by atoms with Gasteiger partial charge in [0.1, 0.15) is 0 Å². The third kappa shape index (κ3) is 5.96. The standard InChI is InChI=1S/C5H5.CH3O.Fe/c1-2-4-5-3-1;1-2;/h1-3H,4H2;2H,1H2;/q2*-1;+2. The third-order valence-electron chi connectivity index (χ3n) is 0.586. The minimum atomic E-state index is 0. The summed E-state index contributed by atoms with van der Waals surface area (Å²) >= 11 is 0. The normalized spacial score (nSPS) is 11.8. The molecule has 1 N–H and O–H groups in total. The van der Waals surface area contributed by atoms with Crippen LogP contribution in [0, 0.1) is 13.2 Å². The first-order chi connectivity index (χ1) is 3.50. The Kier molecular flexibility index (Phi) is 13.6. The van der Waals surface area contributed by atoms with Gasteiger partial charge in [0.2, 0.25) is 0 Å². The van der Waals surface area contributed by atoms with Gasteiger partial charge in [0.15, 0.2) is 0 Å². The third-order valence-corrected chi connectivity index (χ3v) is 0.586. The first kappa shape index (κ1) is 10.9. The fourth-order valence-corrected chi connectivity index (χ4v) is 0.340. The molecule has 8 heavy (non-hydrogen) atoms. The van der Waals surface area contributed by atoms with Crippen LogP contribution in [0.2, 0.25) is 0 Å². The Balaban J connectivity index is 0. The molecule has 0 radical (unpaired) electrons. The van der Waals surface area contributed by atoms with E-state index in [9.17, 15) is 0 Å². The van der Waals surface area contributed by atoms with Crippen LogP contribution in [0.5, 0.6) is 0 Å². The van der Waals surface area contributed by atoms with Gasteiger partial charge >= 0.3 is 17.1 Å². The summed E-state index contributed by atoms with van der Waals surface area (Å²) in [4.78, 5) is 0. The minimum Gasteiger partial charge on any atom is -0.569 e. The Hall–Kier alpha value is -0.0405. The van der Waals surface area contributed by atoms with Gasteiger partial charge in [-0.25, -0.2) is 19.3 Å². The van der Waals surface area contributed by atoms with E-state index < -0.39 is 0 Å². The Morgan fingerprint density at radius 2 is 2.12 bits per heavy atom. The van der Waals surface area contributed by atoms with Gasteiger partial charge in [-0.1, -0.05) is 0 Å². The topological polar surface area (TPSA) is 20.2 Å². The second-order valence-electron chi connectivity index (χ2n) is 1.00. The molecule has 1 aliphatic carbocycles. The summed E-state index contributed by atoms with van der Waals surface area (Å²) in [5, 5.41) is 6.75. The number of hydrogen-bond donors (Lipinski definition) is 1. The molecule has 1 nitrogen and oxygen atoms in total. The van der Waals surface area contributed by atoms with Gasteiger partial charge in [-0.05, 0) is 0 Å². The predicted molar refractivity (Wildman–Crippen MR) is 28.9 cm³/mol. The van der Waals surface area contributed by atoms with E-state index in [0.717, 1.165) is 6.42 Å². The molecule has 0 heterocycles. The van der Waals surface area contributed by atoms with Gasteiger partial charge < -0.3 is 5.11 Å². The molecule has 0 unspecified atom stereocenters. The van der Waals surface area contributed by atoms with Crippen LogP contribution in [-0.2, 0) is 17.1 Å². The molecule has 0 fully saturated rings. The summed E-state index contributed by atoms with van der Waals surface area (Å²) in [6.45, 7) is 0. The first-order valence-electron chi connectivity index (χ1n) is 2.03. The van der Waals surface area contributed by atoms with Crippen molar-refractivity contribution in [3.8, 4) is 0 Å². The van der Waals surface area contributed by atoms with Crippen molar-refractivity contribution in [1.82, 2.24) is 0 Å². The summed E-state index contributed by atoms with van der Waals surface area (Å²) in [5.41, 5.74) is 0. The van der Waals surface area contributed by atoms with Crippen molar-refractivity contribution < 1.29 is 22.2 Å². The van der Waals surface area contributed by atoms with Gasteiger partial charge in [-0.15, -0.1) is 6.42 Å². The van der Waals surface area contributed by atoms with Gasteiger partial charge in [0.25, 0.3) is 0 Å². The number of aliphatic hydroxyl groups excluding tert-OH is 1. The average molecular weight is 152 g/mol. The van der Waals surface area contributed by atoms with Gasteiger partial charge in [-0.3, -0.25) is 6.08 Å². The molecule has 0 aromatic carbocycles. The smallest absolute Gasteiger partial charge is 0.569 e. The molecule has 1 aliphatic rings. The second kappa shape index (κ2) is 10.0. The second-order valence-corrected chi connectivity index (χ2v) is 1.00. The van der Waals surface area contributed by atoms with E-state index in [1.165, 1.54) is 0 Å². The summed E-state index contributed by atoms with van der Waals surface area (Å²) in [6, 6.07) is 0. The van der Waals surface area contributed by atoms with Crippen LogP contribution < -0.4 is 0 Å². The molecule has 0 amide bonds. The maximum Gasteiger partial charge on any atom is 2.00 e. The fraction of sp³-hybridized carbons (Fsp3) is 0.167. The molecule has 46 valence electrons.